The van der Waals surface area contributed by atoms with Gasteiger partial charge in [0.25, 0.3) is 5.91 Å². The Bertz CT molecular complexity index is 1110. The van der Waals surface area contributed by atoms with Crippen molar-refractivity contribution in [1.29, 1.82) is 0 Å². The Morgan fingerprint density at radius 1 is 1.13 bits per heavy atom. The molecule has 0 aliphatic carbocycles. The maximum atomic E-state index is 12.5. The summed E-state index contributed by atoms with van der Waals surface area (Å²) in [6.07, 6.45) is 3.64. The lowest BCUT2D eigenvalue weighted by molar-refractivity contribution is 0.0884. The largest absolute Gasteiger partial charge is 0.368 e. The van der Waals surface area contributed by atoms with Crippen LogP contribution in [0.5, 0.6) is 0 Å². The van der Waals surface area contributed by atoms with E-state index >= 15 is 0 Å². The van der Waals surface area contributed by atoms with Crippen molar-refractivity contribution in [2.24, 2.45) is 5.41 Å². The van der Waals surface area contributed by atoms with Gasteiger partial charge in [0.1, 0.15) is 17.2 Å². The molecule has 0 unspecified atom stereocenters. The number of amides is 1. The molecule has 1 amide bonds. The van der Waals surface area contributed by atoms with E-state index in [0.717, 1.165) is 42.9 Å². The number of carbonyl (C=O) groups excluding carboxylic acids is 1. The van der Waals surface area contributed by atoms with E-state index in [1.54, 1.807) is 6.20 Å². The summed E-state index contributed by atoms with van der Waals surface area (Å²) in [4.78, 5) is 28.5. The number of pyridine rings is 1. The molecule has 31 heavy (non-hydrogen) atoms. The van der Waals surface area contributed by atoms with E-state index in [2.05, 4.69) is 62.2 Å². The van der Waals surface area contributed by atoms with Gasteiger partial charge < -0.3 is 25.4 Å². The first-order chi connectivity index (χ1) is 14.9. The lowest BCUT2D eigenvalue weighted by Crippen LogP contribution is -2.43. The number of aromatic nitrogens is 4. The van der Waals surface area contributed by atoms with Gasteiger partial charge in [-0.25, -0.2) is 9.97 Å². The molecule has 9 heteroatoms. The van der Waals surface area contributed by atoms with E-state index < -0.39 is 0 Å². The molecule has 2 aliphatic heterocycles. The topological polar surface area (TPSA) is 100 Å². The number of nitrogens with zero attached hydrogens (tertiary/aromatic N) is 5. The van der Waals surface area contributed by atoms with E-state index in [4.69, 9.17) is 4.98 Å². The molecule has 0 spiro atoms. The van der Waals surface area contributed by atoms with Crippen molar-refractivity contribution in [3.05, 3.63) is 36.3 Å². The average molecular weight is 421 g/mol. The molecule has 1 fully saturated rings. The average Bonchev–Trinajstić information content (AvgIpc) is 3.14. The molecule has 0 radical (unpaired) electrons. The normalized spacial score (nSPS) is 19.3. The summed E-state index contributed by atoms with van der Waals surface area (Å²) < 4.78 is 2.06. The summed E-state index contributed by atoms with van der Waals surface area (Å²) in [6, 6.07) is 5.99. The van der Waals surface area contributed by atoms with Gasteiger partial charge in [0.2, 0.25) is 5.95 Å². The van der Waals surface area contributed by atoms with Gasteiger partial charge in [-0.1, -0.05) is 20.8 Å². The van der Waals surface area contributed by atoms with E-state index in [0.29, 0.717) is 24.0 Å². The second kappa shape index (κ2) is 7.49. The monoisotopic (exact) mass is 420 g/mol. The molecule has 3 aromatic heterocycles. The second-order valence-corrected chi connectivity index (χ2v) is 9.23. The first-order valence-electron chi connectivity index (χ1n) is 10.7. The van der Waals surface area contributed by atoms with Crippen LogP contribution < -0.4 is 20.9 Å². The van der Waals surface area contributed by atoms with Crippen molar-refractivity contribution in [2.75, 3.05) is 42.9 Å². The Balaban J connectivity index is 1.44. The lowest BCUT2D eigenvalue weighted by Gasteiger charge is -2.36. The van der Waals surface area contributed by atoms with Crippen LogP contribution >= 0.6 is 0 Å². The van der Waals surface area contributed by atoms with E-state index in [1.165, 1.54) is 0 Å². The molecular weight excluding hydrogens is 392 g/mol. The van der Waals surface area contributed by atoms with Crippen molar-refractivity contribution in [1.82, 2.24) is 30.2 Å². The summed E-state index contributed by atoms with van der Waals surface area (Å²) in [5.74, 6) is 1.08. The Kier molecular flexibility index (Phi) is 4.77. The zero-order chi connectivity index (χ0) is 21.6. The molecule has 1 atom stereocenters. The van der Waals surface area contributed by atoms with E-state index in [9.17, 15) is 4.79 Å². The highest BCUT2D eigenvalue weighted by Crippen LogP contribution is 2.36. The Labute approximate surface area is 181 Å². The van der Waals surface area contributed by atoms with Crippen LogP contribution in [0, 0.1) is 5.41 Å². The molecular formula is C22H28N8O. The van der Waals surface area contributed by atoms with Crippen LogP contribution in [0.25, 0.3) is 11.0 Å². The summed E-state index contributed by atoms with van der Waals surface area (Å²) >= 11 is 0. The number of anilines is 3. The molecule has 9 nitrogen and oxygen atoms in total. The number of hydrogen-bond donors (Lipinski definition) is 3. The number of carbonyl (C=O) groups is 1. The molecule has 5 heterocycles. The number of nitrogens with one attached hydrogen (secondary N) is 3. The van der Waals surface area contributed by atoms with Gasteiger partial charge in [-0.15, -0.1) is 0 Å². The number of rotatable bonds is 3. The zero-order valence-corrected chi connectivity index (χ0v) is 18.1. The summed E-state index contributed by atoms with van der Waals surface area (Å²) in [5, 5.41) is 10.4. The molecule has 162 valence electrons. The molecule has 0 aromatic carbocycles. The molecule has 3 aromatic rings. The predicted molar refractivity (Wildman–Crippen MR) is 121 cm³/mol. The van der Waals surface area contributed by atoms with Crippen LogP contribution in [0.1, 0.15) is 37.3 Å². The van der Waals surface area contributed by atoms with Crippen LogP contribution in [0.15, 0.2) is 30.6 Å². The summed E-state index contributed by atoms with van der Waals surface area (Å²) in [6.45, 7) is 11.1. The Morgan fingerprint density at radius 3 is 2.65 bits per heavy atom. The third-order valence-corrected chi connectivity index (χ3v) is 6.05. The fourth-order valence-corrected chi connectivity index (χ4v) is 4.31. The van der Waals surface area contributed by atoms with Crippen molar-refractivity contribution in [2.45, 2.75) is 26.8 Å². The van der Waals surface area contributed by atoms with Gasteiger partial charge in [0.15, 0.2) is 0 Å². The number of hydrogen-bond acceptors (Lipinski definition) is 7. The summed E-state index contributed by atoms with van der Waals surface area (Å²) in [7, 11) is 0. The third kappa shape index (κ3) is 3.69. The van der Waals surface area contributed by atoms with Gasteiger partial charge in [0, 0.05) is 44.3 Å². The van der Waals surface area contributed by atoms with Gasteiger partial charge >= 0.3 is 0 Å². The van der Waals surface area contributed by atoms with Crippen LogP contribution in [0.4, 0.5) is 17.5 Å². The minimum absolute atomic E-state index is 0.0334. The maximum absolute atomic E-state index is 12.5. The standard InChI is InChI=1S/C22H28N8O/c1-22(2,3)17-13-25-20(31)16-10-14-11-26-21(28-19(14)30(16)17)27-18-5-4-15(12-24-18)29-8-6-23-7-9-29/h4-5,10-12,17,23H,6-9,13H2,1-3H3,(H,25,31)(H,24,26,27,28)/t17-/m1/s1. The SMILES string of the molecule is CC(C)(C)[C@H]1CNC(=O)c2cc3cnc(Nc4ccc(N5CCNCC5)cn4)nc3n21. The Hall–Kier alpha value is -3.20. The third-order valence-electron chi connectivity index (χ3n) is 6.05. The molecule has 3 N–H and O–H groups in total. The lowest BCUT2D eigenvalue weighted by atomic mass is 9.85. The molecule has 5 rings (SSSR count). The number of piperazine rings is 1. The smallest absolute Gasteiger partial charge is 0.268 e. The highest BCUT2D eigenvalue weighted by Gasteiger charge is 2.35. The van der Waals surface area contributed by atoms with Crippen molar-refractivity contribution in [3.8, 4) is 0 Å². The fraction of sp³-hybridized carbons (Fsp3) is 0.455. The van der Waals surface area contributed by atoms with Crippen LogP contribution in [0.2, 0.25) is 0 Å². The van der Waals surface area contributed by atoms with Crippen molar-refractivity contribution in [3.63, 3.8) is 0 Å². The quantitative estimate of drug-likeness (QED) is 0.598. The second-order valence-electron chi connectivity index (χ2n) is 9.23. The molecule has 2 aliphatic rings. The van der Waals surface area contributed by atoms with E-state index in [1.807, 2.05) is 18.3 Å². The fourth-order valence-electron chi connectivity index (χ4n) is 4.31. The zero-order valence-electron chi connectivity index (χ0n) is 18.1. The first-order valence-corrected chi connectivity index (χ1v) is 10.7. The molecule has 1 saturated heterocycles. The van der Waals surface area contributed by atoms with Crippen LogP contribution in [-0.4, -0.2) is 58.1 Å². The highest BCUT2D eigenvalue weighted by atomic mass is 16.2. The number of fused-ring (bicyclic) bond motifs is 3. The van der Waals surface area contributed by atoms with Crippen LogP contribution in [-0.2, 0) is 0 Å². The summed E-state index contributed by atoms with van der Waals surface area (Å²) in [5.41, 5.74) is 2.47. The minimum atomic E-state index is -0.0711. The molecule has 0 saturated carbocycles. The maximum Gasteiger partial charge on any atom is 0.268 e. The van der Waals surface area contributed by atoms with Crippen molar-refractivity contribution >= 4 is 34.4 Å². The molecule has 0 bridgehead atoms. The first kappa shape index (κ1) is 19.7. The highest BCUT2D eigenvalue weighted by molar-refractivity contribution is 5.99. The predicted octanol–water partition coefficient (Wildman–Crippen LogP) is 2.31. The minimum Gasteiger partial charge on any atom is -0.368 e. The van der Waals surface area contributed by atoms with Crippen molar-refractivity contribution < 1.29 is 4.79 Å². The Morgan fingerprint density at radius 2 is 1.94 bits per heavy atom. The van der Waals surface area contributed by atoms with Gasteiger partial charge in [0.05, 0.1) is 17.9 Å². The van der Waals surface area contributed by atoms with E-state index in [-0.39, 0.29) is 17.4 Å². The van der Waals surface area contributed by atoms with Crippen LogP contribution in [0.3, 0.4) is 0 Å². The van der Waals surface area contributed by atoms with Gasteiger partial charge in [-0.05, 0) is 23.6 Å². The van der Waals surface area contributed by atoms with Gasteiger partial charge in [-0.2, -0.15) is 4.98 Å². The van der Waals surface area contributed by atoms with Gasteiger partial charge in [-0.3, -0.25) is 4.79 Å².